The lowest BCUT2D eigenvalue weighted by Gasteiger charge is -2.28. The monoisotopic (exact) mass is 175 g/mol. The fourth-order valence-corrected chi connectivity index (χ4v) is 0.767. The molecule has 68 valence electrons. The molecule has 0 unspecified atom stereocenters. The Morgan fingerprint density at radius 3 is 1.82 bits per heavy atom. The molecule has 0 radical (unpaired) electrons. The van der Waals surface area contributed by atoms with Crippen LogP contribution >= 0.6 is 11.8 Å². The largest absolute Gasteiger partial charge is 0.311 e. The summed E-state index contributed by atoms with van der Waals surface area (Å²) in [4.78, 5) is 0. The molecule has 0 aromatic carbocycles. The van der Waals surface area contributed by atoms with Crippen molar-refractivity contribution in [2.45, 2.75) is 44.9 Å². The molecule has 0 fully saturated rings. The van der Waals surface area contributed by atoms with Crippen molar-refractivity contribution in [3.63, 3.8) is 0 Å². The molecule has 0 spiro atoms. The van der Waals surface area contributed by atoms with Gasteiger partial charge in [-0.25, -0.2) is 0 Å². The van der Waals surface area contributed by atoms with E-state index in [0.717, 1.165) is 6.54 Å². The van der Waals surface area contributed by atoms with E-state index in [-0.39, 0.29) is 5.54 Å². The zero-order valence-corrected chi connectivity index (χ0v) is 9.43. The van der Waals surface area contributed by atoms with Gasteiger partial charge in [0.25, 0.3) is 0 Å². The first kappa shape index (κ1) is 11.3. The summed E-state index contributed by atoms with van der Waals surface area (Å²) >= 11 is 1.91. The highest BCUT2D eigenvalue weighted by molar-refractivity contribution is 7.99. The number of thioether (sulfide) groups is 1. The third-order valence-electron chi connectivity index (χ3n) is 1.60. The standard InChI is InChI=1S/C9H21NS/c1-8(2,3)10-7-9(4,5)11-6/h10H,7H2,1-6H3. The number of hydrogen-bond acceptors (Lipinski definition) is 2. The predicted octanol–water partition coefficient (Wildman–Crippen LogP) is 2.52. The zero-order chi connectivity index (χ0) is 9.12. The van der Waals surface area contributed by atoms with Crippen LogP contribution in [0, 0.1) is 0 Å². The summed E-state index contributed by atoms with van der Waals surface area (Å²) in [5.41, 5.74) is 0.243. The van der Waals surface area contributed by atoms with Crippen LogP contribution in [0.4, 0.5) is 0 Å². The topological polar surface area (TPSA) is 12.0 Å². The van der Waals surface area contributed by atoms with Crippen LogP contribution in [-0.4, -0.2) is 23.1 Å². The lowest BCUT2D eigenvalue weighted by molar-refractivity contribution is 0.406. The Bertz CT molecular complexity index is 113. The van der Waals surface area contributed by atoms with E-state index in [4.69, 9.17) is 0 Å². The smallest absolute Gasteiger partial charge is 0.0225 e. The summed E-state index contributed by atoms with van der Waals surface area (Å²) < 4.78 is 0.354. The van der Waals surface area contributed by atoms with Gasteiger partial charge in [0.1, 0.15) is 0 Å². The third-order valence-corrected chi connectivity index (χ3v) is 2.85. The van der Waals surface area contributed by atoms with Crippen LogP contribution in [0.15, 0.2) is 0 Å². The van der Waals surface area contributed by atoms with Gasteiger partial charge < -0.3 is 5.32 Å². The van der Waals surface area contributed by atoms with Gasteiger partial charge in [0.2, 0.25) is 0 Å². The number of hydrogen-bond donors (Lipinski definition) is 1. The molecule has 0 amide bonds. The minimum atomic E-state index is 0.243. The SMILES string of the molecule is CSC(C)(C)CNC(C)(C)C. The minimum absolute atomic E-state index is 0.243. The highest BCUT2D eigenvalue weighted by Crippen LogP contribution is 2.20. The van der Waals surface area contributed by atoms with Gasteiger partial charge in [0, 0.05) is 16.8 Å². The Kier molecular flexibility index (Phi) is 3.92. The van der Waals surface area contributed by atoms with Crippen molar-refractivity contribution in [1.29, 1.82) is 0 Å². The summed E-state index contributed by atoms with van der Waals surface area (Å²) in [6.07, 6.45) is 2.16. The molecule has 0 aromatic heterocycles. The first-order chi connectivity index (χ1) is 4.77. The maximum absolute atomic E-state index is 3.49. The molecular weight excluding hydrogens is 154 g/mol. The highest BCUT2D eigenvalue weighted by atomic mass is 32.2. The van der Waals surface area contributed by atoms with Crippen LogP contribution < -0.4 is 5.32 Å². The van der Waals surface area contributed by atoms with Gasteiger partial charge in [-0.15, -0.1) is 0 Å². The Morgan fingerprint density at radius 1 is 1.09 bits per heavy atom. The average molecular weight is 175 g/mol. The lowest BCUT2D eigenvalue weighted by Crippen LogP contribution is -2.43. The fourth-order valence-electron chi connectivity index (χ4n) is 0.550. The van der Waals surface area contributed by atoms with Crippen molar-refractivity contribution in [3.05, 3.63) is 0 Å². The van der Waals surface area contributed by atoms with Crippen molar-refractivity contribution in [2.24, 2.45) is 0 Å². The molecule has 0 aliphatic rings. The predicted molar refractivity (Wildman–Crippen MR) is 55.3 cm³/mol. The molecule has 0 atom stereocenters. The molecule has 0 aliphatic heterocycles. The molecule has 0 aromatic rings. The summed E-state index contributed by atoms with van der Waals surface area (Å²) in [5.74, 6) is 0. The molecule has 0 aliphatic carbocycles. The molecule has 0 bridgehead atoms. The Hall–Kier alpha value is 0.310. The molecule has 0 heterocycles. The molecule has 11 heavy (non-hydrogen) atoms. The number of nitrogens with one attached hydrogen (secondary N) is 1. The van der Waals surface area contributed by atoms with E-state index in [2.05, 4.69) is 46.2 Å². The normalized spacial score (nSPS) is 13.6. The molecule has 0 rings (SSSR count). The van der Waals surface area contributed by atoms with Crippen LogP contribution in [0.3, 0.4) is 0 Å². The van der Waals surface area contributed by atoms with Gasteiger partial charge in [-0.05, 0) is 40.9 Å². The second kappa shape index (κ2) is 3.81. The van der Waals surface area contributed by atoms with Gasteiger partial charge in [-0.1, -0.05) is 0 Å². The van der Waals surface area contributed by atoms with E-state index >= 15 is 0 Å². The number of rotatable bonds is 3. The quantitative estimate of drug-likeness (QED) is 0.707. The van der Waals surface area contributed by atoms with Gasteiger partial charge >= 0.3 is 0 Å². The van der Waals surface area contributed by atoms with Crippen LogP contribution in [-0.2, 0) is 0 Å². The van der Waals surface area contributed by atoms with Gasteiger partial charge in [0.05, 0.1) is 0 Å². The van der Waals surface area contributed by atoms with Crippen LogP contribution in [0.1, 0.15) is 34.6 Å². The van der Waals surface area contributed by atoms with Crippen molar-refractivity contribution in [2.75, 3.05) is 12.8 Å². The Balaban J connectivity index is 3.70. The molecule has 0 saturated heterocycles. The second-order valence-corrected chi connectivity index (χ2v) is 6.08. The van der Waals surface area contributed by atoms with Crippen LogP contribution in [0.5, 0.6) is 0 Å². The van der Waals surface area contributed by atoms with Crippen LogP contribution in [0.2, 0.25) is 0 Å². The Morgan fingerprint density at radius 2 is 1.55 bits per heavy atom. The highest BCUT2D eigenvalue weighted by Gasteiger charge is 2.18. The molecule has 2 heteroatoms. The first-order valence-electron chi connectivity index (χ1n) is 4.07. The van der Waals surface area contributed by atoms with Gasteiger partial charge in [0.15, 0.2) is 0 Å². The van der Waals surface area contributed by atoms with Crippen molar-refractivity contribution in [3.8, 4) is 0 Å². The summed E-state index contributed by atoms with van der Waals surface area (Å²) in [5, 5.41) is 3.49. The van der Waals surface area contributed by atoms with E-state index in [1.54, 1.807) is 0 Å². The van der Waals surface area contributed by atoms with Crippen LogP contribution in [0.25, 0.3) is 0 Å². The van der Waals surface area contributed by atoms with Crippen molar-refractivity contribution in [1.82, 2.24) is 5.32 Å². The molecular formula is C9H21NS. The summed E-state index contributed by atoms with van der Waals surface area (Å²) in [7, 11) is 0. The summed E-state index contributed by atoms with van der Waals surface area (Å²) in [6, 6.07) is 0. The first-order valence-corrected chi connectivity index (χ1v) is 5.29. The molecule has 1 nitrogen and oxygen atoms in total. The second-order valence-electron chi connectivity index (χ2n) is 4.57. The van der Waals surface area contributed by atoms with E-state index < -0.39 is 0 Å². The van der Waals surface area contributed by atoms with E-state index in [1.807, 2.05) is 11.8 Å². The van der Waals surface area contributed by atoms with E-state index in [0.29, 0.717) is 4.75 Å². The lowest BCUT2D eigenvalue weighted by atomic mass is 10.1. The van der Waals surface area contributed by atoms with E-state index in [1.165, 1.54) is 0 Å². The van der Waals surface area contributed by atoms with Gasteiger partial charge in [-0.3, -0.25) is 0 Å². The third kappa shape index (κ3) is 6.70. The van der Waals surface area contributed by atoms with Crippen molar-refractivity contribution < 1.29 is 0 Å². The van der Waals surface area contributed by atoms with E-state index in [9.17, 15) is 0 Å². The fraction of sp³-hybridized carbons (Fsp3) is 1.00. The summed E-state index contributed by atoms with van der Waals surface area (Å²) in [6.45, 7) is 12.2. The maximum Gasteiger partial charge on any atom is 0.0225 e. The van der Waals surface area contributed by atoms with Crippen molar-refractivity contribution >= 4 is 11.8 Å². The zero-order valence-electron chi connectivity index (χ0n) is 8.62. The maximum atomic E-state index is 3.49. The minimum Gasteiger partial charge on any atom is -0.311 e. The molecule has 0 saturated carbocycles. The average Bonchev–Trinajstić information content (AvgIpc) is 1.83. The Labute approximate surface area is 75.3 Å². The molecule has 1 N–H and O–H groups in total. The van der Waals surface area contributed by atoms with Gasteiger partial charge in [-0.2, -0.15) is 11.8 Å².